The van der Waals surface area contributed by atoms with Crippen LogP contribution in [0.25, 0.3) is 0 Å². The predicted molar refractivity (Wildman–Crippen MR) is 65.2 cm³/mol. The summed E-state index contributed by atoms with van der Waals surface area (Å²) >= 11 is 0. The van der Waals surface area contributed by atoms with Crippen LogP contribution >= 0.6 is 12.4 Å². The molecule has 0 radical (unpaired) electrons. The number of carbonyl (C=O) groups is 1. The van der Waals surface area contributed by atoms with Crippen molar-refractivity contribution in [1.29, 1.82) is 5.41 Å². The summed E-state index contributed by atoms with van der Waals surface area (Å²) in [6.07, 6.45) is 3.11. The van der Waals surface area contributed by atoms with E-state index >= 15 is 0 Å². The van der Waals surface area contributed by atoms with Gasteiger partial charge in [-0.15, -0.1) is 12.4 Å². The quantitative estimate of drug-likeness (QED) is 0.295. The molecule has 0 rings (SSSR count). The van der Waals surface area contributed by atoms with Crippen molar-refractivity contribution in [2.75, 3.05) is 0 Å². The van der Waals surface area contributed by atoms with E-state index in [1.165, 1.54) is 0 Å². The summed E-state index contributed by atoms with van der Waals surface area (Å²) in [4.78, 5) is 11.0. The number of rotatable bonds is 8. The number of carboxylic acids is 1. The first-order valence-corrected chi connectivity index (χ1v) is 5.09. The van der Waals surface area contributed by atoms with Gasteiger partial charge in [-0.05, 0) is 19.2 Å². The van der Waals surface area contributed by atoms with Crippen molar-refractivity contribution in [2.45, 2.75) is 38.9 Å². The van der Waals surface area contributed by atoms with Crippen molar-refractivity contribution in [3.05, 3.63) is 0 Å². The lowest BCUT2D eigenvalue weighted by atomic mass is 9.78. The van der Waals surface area contributed by atoms with Gasteiger partial charge >= 0.3 is 13.1 Å². The SMILES string of the molecule is CCC(C=N)(CCCCB(O)O)C(=O)O.Cl. The van der Waals surface area contributed by atoms with Crippen LogP contribution < -0.4 is 0 Å². The lowest BCUT2D eigenvalue weighted by Crippen LogP contribution is -2.31. The molecule has 0 aliphatic rings. The molecule has 0 fully saturated rings. The average Bonchev–Trinajstić information content (AvgIpc) is 2.18. The number of carboxylic acid groups (broad SMARTS) is 1. The Kier molecular flexibility index (Phi) is 9.52. The summed E-state index contributed by atoms with van der Waals surface area (Å²) in [6, 6.07) is 0. The number of hydrogen-bond acceptors (Lipinski definition) is 4. The summed E-state index contributed by atoms with van der Waals surface area (Å²) in [5, 5.41) is 33.3. The highest BCUT2D eigenvalue weighted by molar-refractivity contribution is 6.40. The minimum atomic E-state index is -1.33. The van der Waals surface area contributed by atoms with Gasteiger partial charge in [0.2, 0.25) is 0 Å². The van der Waals surface area contributed by atoms with Crippen LogP contribution in [-0.4, -0.2) is 34.5 Å². The van der Waals surface area contributed by atoms with Crippen molar-refractivity contribution in [1.82, 2.24) is 0 Å². The van der Waals surface area contributed by atoms with Crippen molar-refractivity contribution in [3.63, 3.8) is 0 Å². The molecule has 94 valence electrons. The maximum absolute atomic E-state index is 11.0. The van der Waals surface area contributed by atoms with Gasteiger partial charge in [0.05, 0.1) is 0 Å². The first-order chi connectivity index (χ1) is 6.98. The summed E-state index contributed by atoms with van der Waals surface area (Å²) in [6.45, 7) is 1.74. The molecule has 0 aromatic carbocycles. The highest BCUT2D eigenvalue weighted by atomic mass is 35.5. The highest BCUT2D eigenvalue weighted by Gasteiger charge is 2.33. The number of aliphatic carboxylic acids is 1. The van der Waals surface area contributed by atoms with Crippen LogP contribution in [0.1, 0.15) is 32.6 Å². The molecule has 0 heterocycles. The Morgan fingerprint density at radius 2 is 2.00 bits per heavy atom. The van der Waals surface area contributed by atoms with Crippen LogP contribution in [0.15, 0.2) is 0 Å². The van der Waals surface area contributed by atoms with Crippen molar-refractivity contribution in [2.24, 2.45) is 5.41 Å². The molecule has 1 unspecified atom stereocenters. The molecule has 0 aliphatic heterocycles. The number of nitrogens with one attached hydrogen (secondary N) is 1. The normalized spacial score (nSPS) is 13.4. The smallest absolute Gasteiger partial charge is 0.451 e. The molecule has 7 heteroatoms. The second kappa shape index (κ2) is 8.55. The van der Waals surface area contributed by atoms with Gasteiger partial charge in [0.25, 0.3) is 0 Å². The third kappa shape index (κ3) is 5.49. The average molecular weight is 252 g/mol. The number of unbranched alkanes of at least 4 members (excludes halogenated alkanes) is 1. The molecular formula is C9H19BClNO4. The Balaban J connectivity index is 0. The molecule has 0 bridgehead atoms. The van der Waals surface area contributed by atoms with Crippen molar-refractivity contribution in [3.8, 4) is 0 Å². The van der Waals surface area contributed by atoms with Gasteiger partial charge in [-0.25, -0.2) is 0 Å². The van der Waals surface area contributed by atoms with Crippen LogP contribution in [-0.2, 0) is 4.79 Å². The maximum Gasteiger partial charge on any atom is 0.451 e. The van der Waals surface area contributed by atoms with Gasteiger partial charge in [0.15, 0.2) is 0 Å². The lowest BCUT2D eigenvalue weighted by molar-refractivity contribution is -0.145. The molecule has 0 aromatic heterocycles. The van der Waals surface area contributed by atoms with E-state index in [1.54, 1.807) is 6.92 Å². The largest absolute Gasteiger partial charge is 0.481 e. The molecule has 0 saturated carbocycles. The van der Waals surface area contributed by atoms with Gasteiger partial charge in [0.1, 0.15) is 5.41 Å². The Labute approximate surface area is 102 Å². The zero-order valence-corrected chi connectivity index (χ0v) is 10.2. The van der Waals surface area contributed by atoms with Crippen molar-refractivity contribution < 1.29 is 19.9 Å². The fourth-order valence-electron chi connectivity index (χ4n) is 1.44. The summed E-state index contributed by atoms with van der Waals surface area (Å²) in [5.74, 6) is -0.982. The first kappa shape index (κ1) is 17.8. The molecule has 0 spiro atoms. The summed E-state index contributed by atoms with van der Waals surface area (Å²) in [5.41, 5.74) is -1.08. The molecule has 0 amide bonds. The van der Waals surface area contributed by atoms with Crippen LogP contribution in [0, 0.1) is 10.8 Å². The van der Waals surface area contributed by atoms with E-state index in [4.69, 9.17) is 20.6 Å². The standard InChI is InChI=1S/C9H18BNO4.ClH/c1-2-9(7-11,8(12)13)5-3-4-6-10(14)15;/h7,11,14-15H,2-6H2,1H3,(H,12,13);1H. The van der Waals surface area contributed by atoms with E-state index in [-0.39, 0.29) is 18.7 Å². The van der Waals surface area contributed by atoms with E-state index in [1.807, 2.05) is 0 Å². The molecule has 0 aromatic rings. The predicted octanol–water partition coefficient (Wildman–Crippen LogP) is 1.18. The fraction of sp³-hybridized carbons (Fsp3) is 0.778. The van der Waals surface area contributed by atoms with Crippen molar-refractivity contribution >= 4 is 31.7 Å². The van der Waals surface area contributed by atoms with E-state index in [0.29, 0.717) is 25.7 Å². The molecular weight excluding hydrogens is 232 g/mol. The summed E-state index contributed by atoms with van der Waals surface area (Å²) < 4.78 is 0. The van der Waals surface area contributed by atoms with E-state index in [2.05, 4.69) is 0 Å². The van der Waals surface area contributed by atoms with Crippen LogP contribution in [0.2, 0.25) is 6.32 Å². The van der Waals surface area contributed by atoms with E-state index in [0.717, 1.165) is 6.21 Å². The molecule has 5 nitrogen and oxygen atoms in total. The molecule has 1 atom stereocenters. The van der Waals surface area contributed by atoms with Gasteiger partial charge in [0, 0.05) is 6.21 Å². The molecule has 0 aliphatic carbocycles. The Bertz CT molecular complexity index is 228. The van der Waals surface area contributed by atoms with Gasteiger partial charge in [-0.2, -0.15) is 0 Å². The van der Waals surface area contributed by atoms with E-state index < -0.39 is 18.5 Å². The fourth-order valence-corrected chi connectivity index (χ4v) is 1.44. The second-order valence-corrected chi connectivity index (χ2v) is 3.69. The highest BCUT2D eigenvalue weighted by Crippen LogP contribution is 2.27. The lowest BCUT2D eigenvalue weighted by Gasteiger charge is -2.22. The molecule has 16 heavy (non-hydrogen) atoms. The second-order valence-electron chi connectivity index (χ2n) is 3.69. The Hall–Kier alpha value is -0.585. The Morgan fingerprint density at radius 3 is 2.31 bits per heavy atom. The minimum Gasteiger partial charge on any atom is -0.481 e. The number of hydrogen-bond donors (Lipinski definition) is 4. The maximum atomic E-state index is 11.0. The van der Waals surface area contributed by atoms with Gasteiger partial charge in [-0.3, -0.25) is 4.79 Å². The monoisotopic (exact) mass is 251 g/mol. The van der Waals surface area contributed by atoms with Crippen LogP contribution in [0.5, 0.6) is 0 Å². The minimum absolute atomic E-state index is 0. The zero-order valence-electron chi connectivity index (χ0n) is 9.35. The first-order valence-electron chi connectivity index (χ1n) is 5.09. The van der Waals surface area contributed by atoms with Crippen LogP contribution in [0.4, 0.5) is 0 Å². The third-order valence-corrected chi connectivity index (χ3v) is 2.67. The zero-order chi connectivity index (χ0) is 11.9. The summed E-state index contributed by atoms with van der Waals surface area (Å²) in [7, 11) is -1.33. The van der Waals surface area contributed by atoms with Gasteiger partial charge in [-0.1, -0.05) is 19.8 Å². The molecule has 0 saturated heterocycles. The Morgan fingerprint density at radius 1 is 1.44 bits per heavy atom. The van der Waals surface area contributed by atoms with Gasteiger partial charge < -0.3 is 20.6 Å². The number of halogens is 1. The van der Waals surface area contributed by atoms with Crippen LogP contribution in [0.3, 0.4) is 0 Å². The van der Waals surface area contributed by atoms with E-state index in [9.17, 15) is 4.79 Å². The topological polar surface area (TPSA) is 102 Å². The molecule has 4 N–H and O–H groups in total. The third-order valence-electron chi connectivity index (χ3n) is 2.67.